The van der Waals surface area contributed by atoms with Crippen molar-refractivity contribution in [1.29, 1.82) is 0 Å². The van der Waals surface area contributed by atoms with Crippen LogP contribution in [0.1, 0.15) is 12.0 Å². The molecule has 2 rings (SSSR count). The fraction of sp³-hybridized carbons (Fsp3) is 0.300. The molecule has 0 unspecified atom stereocenters. The number of hydrogen-bond acceptors (Lipinski definition) is 1. The minimum Gasteiger partial charge on any atom is -0.346 e. The molecule has 0 spiro atoms. The Bertz CT molecular complexity index is 437. The maximum absolute atomic E-state index is 5.78. The van der Waals surface area contributed by atoms with Gasteiger partial charge >= 0.3 is 0 Å². The van der Waals surface area contributed by atoms with Crippen molar-refractivity contribution in [3.8, 4) is 0 Å². The van der Waals surface area contributed by atoms with Gasteiger partial charge in [-0.05, 0) is 30.5 Å². The normalized spacial score (nSPS) is 11.0. The molecule has 2 heterocycles. The van der Waals surface area contributed by atoms with Crippen molar-refractivity contribution in [1.82, 2.24) is 9.97 Å². The number of alkyl halides is 1. The second kappa shape index (κ2) is 4.20. The average Bonchev–Trinajstić information content (AvgIpc) is 2.57. The van der Waals surface area contributed by atoms with Gasteiger partial charge in [-0.3, -0.25) is 0 Å². The maximum Gasteiger partial charge on any atom is 0.139 e. The Morgan fingerprint density at radius 1 is 1.36 bits per heavy atom. The number of aromatic amines is 1. The number of aryl methyl sites for hydroxylation is 1. The van der Waals surface area contributed by atoms with Crippen molar-refractivity contribution in [3.05, 3.63) is 29.0 Å². The number of nitrogens with zero attached hydrogens (tertiary/aromatic N) is 1. The van der Waals surface area contributed by atoms with Gasteiger partial charge in [0.1, 0.15) is 10.8 Å². The van der Waals surface area contributed by atoms with Crippen molar-refractivity contribution in [2.75, 3.05) is 5.88 Å². The second-order valence-corrected chi connectivity index (χ2v) is 3.90. The van der Waals surface area contributed by atoms with E-state index in [1.165, 1.54) is 5.56 Å². The lowest BCUT2D eigenvalue weighted by atomic mass is 10.1. The average molecular weight is 229 g/mol. The molecule has 74 valence electrons. The van der Waals surface area contributed by atoms with Gasteiger partial charge in [0.15, 0.2) is 0 Å². The first-order chi connectivity index (χ1) is 6.81. The summed E-state index contributed by atoms with van der Waals surface area (Å²) < 4.78 is 0. The van der Waals surface area contributed by atoms with Crippen molar-refractivity contribution >= 4 is 34.2 Å². The summed E-state index contributed by atoms with van der Waals surface area (Å²) >= 11 is 11.4. The molecule has 0 aliphatic carbocycles. The summed E-state index contributed by atoms with van der Waals surface area (Å²) in [7, 11) is 0. The van der Waals surface area contributed by atoms with Crippen molar-refractivity contribution in [3.63, 3.8) is 0 Å². The number of nitrogens with one attached hydrogen (secondary N) is 1. The summed E-state index contributed by atoms with van der Waals surface area (Å²) in [5, 5.41) is 1.66. The molecule has 0 aromatic carbocycles. The van der Waals surface area contributed by atoms with E-state index in [4.69, 9.17) is 23.2 Å². The number of aromatic nitrogens is 2. The highest BCUT2D eigenvalue weighted by atomic mass is 35.5. The van der Waals surface area contributed by atoms with E-state index in [-0.39, 0.29) is 0 Å². The minimum absolute atomic E-state index is 0.517. The largest absolute Gasteiger partial charge is 0.346 e. The monoisotopic (exact) mass is 228 g/mol. The zero-order chi connectivity index (χ0) is 9.97. The molecule has 0 saturated carbocycles. The fourth-order valence-electron chi connectivity index (χ4n) is 1.50. The molecule has 2 nitrogen and oxygen atoms in total. The van der Waals surface area contributed by atoms with Crippen molar-refractivity contribution in [2.45, 2.75) is 12.8 Å². The first-order valence-corrected chi connectivity index (χ1v) is 5.41. The van der Waals surface area contributed by atoms with Crippen LogP contribution < -0.4 is 0 Å². The number of rotatable bonds is 3. The Kier molecular flexibility index (Phi) is 2.94. The van der Waals surface area contributed by atoms with Crippen LogP contribution in [-0.2, 0) is 6.42 Å². The molecule has 0 atom stereocenters. The molecule has 0 fully saturated rings. The number of hydrogen-bond donors (Lipinski definition) is 1. The quantitative estimate of drug-likeness (QED) is 0.634. The highest BCUT2D eigenvalue weighted by Crippen LogP contribution is 2.20. The summed E-state index contributed by atoms with van der Waals surface area (Å²) in [4.78, 5) is 7.28. The molecule has 14 heavy (non-hydrogen) atoms. The number of H-pyrrole nitrogens is 1. The van der Waals surface area contributed by atoms with Gasteiger partial charge in [0, 0.05) is 17.5 Å². The van der Waals surface area contributed by atoms with E-state index in [1.54, 1.807) is 0 Å². The number of halogens is 2. The predicted octanol–water partition coefficient (Wildman–Crippen LogP) is 3.39. The standard InChI is InChI=1S/C10H10Cl2N2/c11-5-1-2-7-6-13-10-8(7)3-4-9(12)14-10/h3-4,6H,1-2,5H2,(H,13,14). The molecular formula is C10H10Cl2N2. The van der Waals surface area contributed by atoms with Crippen LogP contribution in [0.5, 0.6) is 0 Å². The van der Waals surface area contributed by atoms with Crippen molar-refractivity contribution < 1.29 is 0 Å². The first-order valence-electron chi connectivity index (χ1n) is 4.50. The lowest BCUT2D eigenvalue weighted by Gasteiger charge is -1.96. The van der Waals surface area contributed by atoms with Crippen LogP contribution >= 0.6 is 23.2 Å². The van der Waals surface area contributed by atoms with Crippen LogP contribution in [0.25, 0.3) is 11.0 Å². The molecule has 4 heteroatoms. The fourth-order valence-corrected chi connectivity index (χ4v) is 1.78. The zero-order valence-electron chi connectivity index (χ0n) is 7.56. The van der Waals surface area contributed by atoms with E-state index in [2.05, 4.69) is 9.97 Å². The van der Waals surface area contributed by atoms with E-state index in [0.717, 1.165) is 23.9 Å². The van der Waals surface area contributed by atoms with Gasteiger partial charge in [0.05, 0.1) is 0 Å². The summed E-state index contributed by atoms with van der Waals surface area (Å²) in [6.07, 6.45) is 3.94. The maximum atomic E-state index is 5.78. The van der Waals surface area contributed by atoms with Gasteiger partial charge < -0.3 is 4.98 Å². The van der Waals surface area contributed by atoms with E-state index in [1.807, 2.05) is 18.3 Å². The zero-order valence-corrected chi connectivity index (χ0v) is 9.07. The third-order valence-electron chi connectivity index (χ3n) is 2.17. The Balaban J connectivity index is 2.37. The van der Waals surface area contributed by atoms with Crippen molar-refractivity contribution in [2.24, 2.45) is 0 Å². The van der Waals surface area contributed by atoms with Crippen LogP contribution in [0.2, 0.25) is 5.15 Å². The van der Waals surface area contributed by atoms with Gasteiger partial charge in [-0.1, -0.05) is 11.6 Å². The summed E-state index contributed by atoms with van der Waals surface area (Å²) in [6, 6.07) is 3.80. The molecule has 0 aliphatic rings. The second-order valence-electron chi connectivity index (χ2n) is 3.14. The molecule has 2 aromatic heterocycles. The third-order valence-corrected chi connectivity index (χ3v) is 2.65. The van der Waals surface area contributed by atoms with Gasteiger partial charge in [-0.15, -0.1) is 11.6 Å². The lowest BCUT2D eigenvalue weighted by molar-refractivity contribution is 0.936. The van der Waals surface area contributed by atoms with E-state index in [9.17, 15) is 0 Å². The Labute approximate surface area is 92.2 Å². The summed E-state index contributed by atoms with van der Waals surface area (Å²) in [5.41, 5.74) is 2.10. The van der Waals surface area contributed by atoms with Gasteiger partial charge in [-0.2, -0.15) is 0 Å². The summed E-state index contributed by atoms with van der Waals surface area (Å²) in [6.45, 7) is 0. The topological polar surface area (TPSA) is 28.7 Å². The highest BCUT2D eigenvalue weighted by molar-refractivity contribution is 6.29. The molecular weight excluding hydrogens is 219 g/mol. The minimum atomic E-state index is 0.517. The Morgan fingerprint density at radius 3 is 3.00 bits per heavy atom. The third kappa shape index (κ3) is 1.86. The Hall–Kier alpha value is -0.730. The Morgan fingerprint density at radius 2 is 2.21 bits per heavy atom. The van der Waals surface area contributed by atoms with Crippen LogP contribution in [0.15, 0.2) is 18.3 Å². The number of fused-ring (bicyclic) bond motifs is 1. The molecule has 0 aliphatic heterocycles. The summed E-state index contributed by atoms with van der Waals surface area (Å²) in [5.74, 6) is 0.688. The first kappa shape index (κ1) is 9.81. The molecule has 1 N–H and O–H groups in total. The van der Waals surface area contributed by atoms with Gasteiger partial charge in [0.2, 0.25) is 0 Å². The predicted molar refractivity (Wildman–Crippen MR) is 60.1 cm³/mol. The molecule has 0 radical (unpaired) electrons. The molecule has 0 bridgehead atoms. The lowest BCUT2D eigenvalue weighted by Crippen LogP contribution is -1.84. The molecule has 2 aromatic rings. The van der Waals surface area contributed by atoms with E-state index >= 15 is 0 Å². The van der Waals surface area contributed by atoms with Gasteiger partial charge in [0.25, 0.3) is 0 Å². The molecule has 0 amide bonds. The molecule has 0 saturated heterocycles. The van der Waals surface area contributed by atoms with Gasteiger partial charge in [-0.25, -0.2) is 4.98 Å². The SMILES string of the molecule is ClCCCc1c[nH]c2nc(Cl)ccc12. The van der Waals surface area contributed by atoms with E-state index < -0.39 is 0 Å². The van der Waals surface area contributed by atoms with Crippen LogP contribution in [0.4, 0.5) is 0 Å². The van der Waals surface area contributed by atoms with E-state index in [0.29, 0.717) is 11.0 Å². The highest BCUT2D eigenvalue weighted by Gasteiger charge is 2.04. The van der Waals surface area contributed by atoms with Crippen LogP contribution in [0, 0.1) is 0 Å². The van der Waals surface area contributed by atoms with Crippen LogP contribution in [0.3, 0.4) is 0 Å². The van der Waals surface area contributed by atoms with Crippen LogP contribution in [-0.4, -0.2) is 15.8 Å². The number of pyridine rings is 1. The smallest absolute Gasteiger partial charge is 0.139 e.